The lowest BCUT2D eigenvalue weighted by atomic mass is 9.90. The first-order valence-electron chi connectivity index (χ1n) is 6.50. The molecular formula is C13H24O4. The number of rotatable bonds is 4. The van der Waals surface area contributed by atoms with E-state index in [1.54, 1.807) is 0 Å². The van der Waals surface area contributed by atoms with Crippen LogP contribution in [0.4, 0.5) is 0 Å². The zero-order chi connectivity index (χ0) is 12.4. The second kappa shape index (κ2) is 5.22. The van der Waals surface area contributed by atoms with Crippen molar-refractivity contribution < 1.29 is 19.3 Å². The van der Waals surface area contributed by atoms with E-state index < -0.39 is 0 Å². The van der Waals surface area contributed by atoms with E-state index in [9.17, 15) is 5.11 Å². The van der Waals surface area contributed by atoms with Crippen LogP contribution in [0, 0.1) is 5.41 Å². The van der Waals surface area contributed by atoms with Crippen molar-refractivity contribution in [2.45, 2.75) is 44.8 Å². The monoisotopic (exact) mass is 244 g/mol. The minimum atomic E-state index is -0.155. The molecule has 2 atom stereocenters. The molecule has 0 bridgehead atoms. The maximum Gasteiger partial charge on any atom is 0.0961 e. The van der Waals surface area contributed by atoms with Gasteiger partial charge in [0.25, 0.3) is 0 Å². The van der Waals surface area contributed by atoms with Gasteiger partial charge in [0.15, 0.2) is 0 Å². The van der Waals surface area contributed by atoms with Crippen LogP contribution in [-0.4, -0.2) is 49.8 Å². The number of ether oxygens (including phenoxy) is 3. The van der Waals surface area contributed by atoms with Crippen LogP contribution in [-0.2, 0) is 14.2 Å². The molecule has 2 aliphatic rings. The highest BCUT2D eigenvalue weighted by atomic mass is 16.6. The van der Waals surface area contributed by atoms with Crippen molar-refractivity contribution in [1.82, 2.24) is 0 Å². The SMILES string of the molecule is CC(C)(CO)COC1CCOC2(CCOC2)C1. The summed E-state index contributed by atoms with van der Waals surface area (Å²) in [7, 11) is 0. The van der Waals surface area contributed by atoms with Gasteiger partial charge in [0.05, 0.1) is 31.5 Å². The third-order valence-corrected chi connectivity index (χ3v) is 3.65. The number of aliphatic hydroxyl groups is 1. The maximum absolute atomic E-state index is 9.20. The van der Waals surface area contributed by atoms with Crippen LogP contribution in [0.5, 0.6) is 0 Å². The van der Waals surface area contributed by atoms with Crippen LogP contribution < -0.4 is 0 Å². The molecule has 2 saturated heterocycles. The smallest absolute Gasteiger partial charge is 0.0961 e. The lowest BCUT2D eigenvalue weighted by Gasteiger charge is -2.38. The topological polar surface area (TPSA) is 47.9 Å². The molecule has 0 aromatic heterocycles. The van der Waals surface area contributed by atoms with Crippen LogP contribution in [0.2, 0.25) is 0 Å². The van der Waals surface area contributed by atoms with E-state index in [4.69, 9.17) is 14.2 Å². The van der Waals surface area contributed by atoms with E-state index >= 15 is 0 Å². The Hall–Kier alpha value is -0.160. The predicted molar refractivity (Wildman–Crippen MR) is 64.0 cm³/mol. The van der Waals surface area contributed by atoms with Gasteiger partial charge in [0.2, 0.25) is 0 Å². The molecule has 2 rings (SSSR count). The van der Waals surface area contributed by atoms with Gasteiger partial charge in [-0.3, -0.25) is 0 Å². The Morgan fingerprint density at radius 3 is 2.88 bits per heavy atom. The summed E-state index contributed by atoms with van der Waals surface area (Å²) in [4.78, 5) is 0. The molecule has 2 heterocycles. The van der Waals surface area contributed by atoms with Gasteiger partial charge in [-0.15, -0.1) is 0 Å². The van der Waals surface area contributed by atoms with E-state index in [-0.39, 0.29) is 23.7 Å². The Labute approximate surface area is 103 Å². The average molecular weight is 244 g/mol. The van der Waals surface area contributed by atoms with E-state index in [0.29, 0.717) is 13.2 Å². The summed E-state index contributed by atoms with van der Waals surface area (Å²) in [6, 6.07) is 0. The van der Waals surface area contributed by atoms with Gasteiger partial charge in [-0.2, -0.15) is 0 Å². The lowest BCUT2D eigenvalue weighted by Crippen LogP contribution is -2.44. The first-order chi connectivity index (χ1) is 8.05. The van der Waals surface area contributed by atoms with E-state index in [0.717, 1.165) is 32.5 Å². The maximum atomic E-state index is 9.20. The molecule has 4 nitrogen and oxygen atoms in total. The molecule has 2 fully saturated rings. The number of aliphatic hydroxyl groups excluding tert-OH is 1. The minimum absolute atomic E-state index is 0.0910. The third kappa shape index (κ3) is 3.41. The van der Waals surface area contributed by atoms with Gasteiger partial charge in [-0.1, -0.05) is 13.8 Å². The second-order valence-corrected chi connectivity index (χ2v) is 6.08. The van der Waals surface area contributed by atoms with Gasteiger partial charge < -0.3 is 19.3 Å². The van der Waals surface area contributed by atoms with Crippen LogP contribution in [0.1, 0.15) is 33.1 Å². The summed E-state index contributed by atoms with van der Waals surface area (Å²) in [5.74, 6) is 0. The van der Waals surface area contributed by atoms with Crippen LogP contribution in [0.3, 0.4) is 0 Å². The molecule has 0 radical (unpaired) electrons. The molecule has 1 N–H and O–H groups in total. The van der Waals surface area contributed by atoms with Crippen molar-refractivity contribution in [2.24, 2.45) is 5.41 Å². The largest absolute Gasteiger partial charge is 0.396 e. The van der Waals surface area contributed by atoms with Crippen LogP contribution >= 0.6 is 0 Å². The van der Waals surface area contributed by atoms with Gasteiger partial charge in [-0.25, -0.2) is 0 Å². The molecule has 2 aliphatic heterocycles. The Balaban J connectivity index is 1.81. The normalized spacial score (nSPS) is 34.4. The molecule has 0 saturated carbocycles. The third-order valence-electron chi connectivity index (χ3n) is 3.65. The standard InChI is InChI=1S/C13H24O4/c1-12(2,8-14)9-16-11-3-5-17-13(7-11)4-6-15-10-13/h11,14H,3-10H2,1-2H3. The molecule has 0 aromatic carbocycles. The highest BCUT2D eigenvalue weighted by Gasteiger charge is 2.41. The highest BCUT2D eigenvalue weighted by Crippen LogP contribution is 2.34. The van der Waals surface area contributed by atoms with Crippen LogP contribution in [0.25, 0.3) is 0 Å². The summed E-state index contributed by atoms with van der Waals surface area (Å²) < 4.78 is 17.2. The summed E-state index contributed by atoms with van der Waals surface area (Å²) in [6.45, 7) is 7.05. The van der Waals surface area contributed by atoms with E-state index in [2.05, 4.69) is 0 Å². The zero-order valence-corrected chi connectivity index (χ0v) is 10.9. The average Bonchev–Trinajstić information content (AvgIpc) is 2.75. The van der Waals surface area contributed by atoms with E-state index in [1.807, 2.05) is 13.8 Å². The summed E-state index contributed by atoms with van der Waals surface area (Å²) in [5.41, 5.74) is -0.246. The molecule has 0 amide bonds. The Morgan fingerprint density at radius 2 is 2.24 bits per heavy atom. The first-order valence-corrected chi connectivity index (χ1v) is 6.50. The van der Waals surface area contributed by atoms with Crippen molar-refractivity contribution in [1.29, 1.82) is 0 Å². The Bertz CT molecular complexity index is 246. The zero-order valence-electron chi connectivity index (χ0n) is 10.9. The molecular weight excluding hydrogens is 220 g/mol. The second-order valence-electron chi connectivity index (χ2n) is 6.08. The lowest BCUT2D eigenvalue weighted by molar-refractivity contribution is -0.142. The molecule has 17 heavy (non-hydrogen) atoms. The van der Waals surface area contributed by atoms with E-state index in [1.165, 1.54) is 0 Å². The fraction of sp³-hybridized carbons (Fsp3) is 1.00. The Kier molecular flexibility index (Phi) is 4.08. The molecule has 0 aliphatic carbocycles. The summed E-state index contributed by atoms with van der Waals surface area (Å²) in [5, 5.41) is 9.20. The summed E-state index contributed by atoms with van der Waals surface area (Å²) in [6.07, 6.45) is 3.10. The summed E-state index contributed by atoms with van der Waals surface area (Å²) >= 11 is 0. The highest BCUT2D eigenvalue weighted by molar-refractivity contribution is 4.91. The van der Waals surface area contributed by atoms with Crippen molar-refractivity contribution in [3.63, 3.8) is 0 Å². The number of hydrogen-bond donors (Lipinski definition) is 1. The van der Waals surface area contributed by atoms with Gasteiger partial charge >= 0.3 is 0 Å². The predicted octanol–water partition coefficient (Wildman–Crippen LogP) is 1.36. The fourth-order valence-electron chi connectivity index (χ4n) is 2.38. The fourth-order valence-corrected chi connectivity index (χ4v) is 2.38. The van der Waals surface area contributed by atoms with Crippen molar-refractivity contribution >= 4 is 0 Å². The molecule has 0 aromatic rings. The first kappa shape index (κ1) is 13.3. The molecule has 4 heteroatoms. The van der Waals surface area contributed by atoms with Gasteiger partial charge in [-0.05, 0) is 6.42 Å². The van der Waals surface area contributed by atoms with Crippen molar-refractivity contribution in [2.75, 3.05) is 33.0 Å². The van der Waals surface area contributed by atoms with Crippen molar-refractivity contribution in [3.8, 4) is 0 Å². The number of hydrogen-bond acceptors (Lipinski definition) is 4. The minimum Gasteiger partial charge on any atom is -0.396 e. The van der Waals surface area contributed by atoms with Crippen molar-refractivity contribution in [3.05, 3.63) is 0 Å². The molecule has 1 spiro atoms. The van der Waals surface area contributed by atoms with Crippen LogP contribution in [0.15, 0.2) is 0 Å². The quantitative estimate of drug-likeness (QED) is 0.811. The van der Waals surface area contributed by atoms with Gasteiger partial charge in [0, 0.05) is 31.5 Å². The Morgan fingerprint density at radius 1 is 1.41 bits per heavy atom. The van der Waals surface area contributed by atoms with Gasteiger partial charge in [0.1, 0.15) is 0 Å². The molecule has 100 valence electrons. The molecule has 2 unspecified atom stereocenters.